The first-order chi connectivity index (χ1) is 16.3. The number of aliphatic hydroxyl groups is 1. The van der Waals surface area contributed by atoms with Crippen LogP contribution in [0.3, 0.4) is 0 Å². The molecular weight excluding hydrogens is 458 g/mol. The lowest BCUT2D eigenvalue weighted by Crippen LogP contribution is -2.52. The minimum Gasteiger partial charge on any atom is -0.381 e. The van der Waals surface area contributed by atoms with Crippen LogP contribution in [0.15, 0.2) is 61.2 Å². The van der Waals surface area contributed by atoms with Crippen molar-refractivity contribution >= 4 is 17.2 Å². The van der Waals surface area contributed by atoms with Crippen molar-refractivity contribution in [3.8, 4) is 10.4 Å². The average Bonchev–Trinajstić information content (AvgIpc) is 3.51. The van der Waals surface area contributed by atoms with Crippen LogP contribution in [0, 0.1) is 18.6 Å². The molecular formula is C25H22F2N4O2S. The van der Waals surface area contributed by atoms with Crippen molar-refractivity contribution in [1.82, 2.24) is 19.7 Å². The molecule has 2 atom stereocenters. The van der Waals surface area contributed by atoms with E-state index in [1.807, 2.05) is 31.2 Å². The fraction of sp³-hybridized carbons (Fsp3) is 0.240. The van der Waals surface area contributed by atoms with Gasteiger partial charge in [-0.05, 0) is 37.1 Å². The molecule has 1 aliphatic heterocycles. The van der Waals surface area contributed by atoms with Gasteiger partial charge in [0.25, 0.3) is 5.91 Å². The third-order valence-electron chi connectivity index (χ3n) is 6.33. The van der Waals surface area contributed by atoms with E-state index in [0.29, 0.717) is 4.88 Å². The summed E-state index contributed by atoms with van der Waals surface area (Å²) < 4.78 is 29.8. The van der Waals surface area contributed by atoms with Gasteiger partial charge in [-0.1, -0.05) is 35.9 Å². The van der Waals surface area contributed by atoms with E-state index in [-0.39, 0.29) is 24.6 Å². The summed E-state index contributed by atoms with van der Waals surface area (Å²) in [5, 5.41) is 15.8. The highest BCUT2D eigenvalue weighted by molar-refractivity contribution is 7.17. The van der Waals surface area contributed by atoms with Gasteiger partial charge in [-0.2, -0.15) is 5.10 Å². The Balaban J connectivity index is 1.49. The molecule has 2 aromatic heterocycles. The fourth-order valence-corrected chi connectivity index (χ4v) is 5.59. The summed E-state index contributed by atoms with van der Waals surface area (Å²) in [6, 6.07) is 12.3. The summed E-state index contributed by atoms with van der Waals surface area (Å²) in [5.41, 5.74) is 1.05. The second-order valence-corrected chi connectivity index (χ2v) is 9.64. The maximum Gasteiger partial charge on any atom is 0.264 e. The molecule has 1 N–H and O–H groups in total. The number of hydrogen-bond acceptors (Lipinski definition) is 5. The van der Waals surface area contributed by atoms with Crippen molar-refractivity contribution in [3.63, 3.8) is 0 Å². The molecule has 5 rings (SSSR count). The van der Waals surface area contributed by atoms with Crippen molar-refractivity contribution < 1.29 is 18.7 Å². The second kappa shape index (κ2) is 8.41. The Hall–Kier alpha value is -3.43. The van der Waals surface area contributed by atoms with Gasteiger partial charge in [0.15, 0.2) is 0 Å². The number of fused-ring (bicyclic) bond motifs is 1. The predicted molar refractivity (Wildman–Crippen MR) is 124 cm³/mol. The molecule has 0 saturated heterocycles. The van der Waals surface area contributed by atoms with E-state index in [9.17, 15) is 18.7 Å². The van der Waals surface area contributed by atoms with Crippen LogP contribution in [0.2, 0.25) is 0 Å². The Bertz CT molecular complexity index is 1370. The summed E-state index contributed by atoms with van der Waals surface area (Å²) in [5.74, 6) is -1.87. The lowest BCUT2D eigenvalue weighted by atomic mass is 9.85. The van der Waals surface area contributed by atoms with Crippen LogP contribution in [0.5, 0.6) is 0 Å². The molecule has 9 heteroatoms. The highest BCUT2D eigenvalue weighted by Crippen LogP contribution is 2.41. The molecule has 1 amide bonds. The molecule has 0 saturated carbocycles. The van der Waals surface area contributed by atoms with Gasteiger partial charge in [0.2, 0.25) is 0 Å². The number of hydrogen-bond donors (Lipinski definition) is 1. The number of thiophene rings is 1. The van der Waals surface area contributed by atoms with Crippen LogP contribution in [-0.4, -0.2) is 36.7 Å². The summed E-state index contributed by atoms with van der Waals surface area (Å²) in [7, 11) is 0. The van der Waals surface area contributed by atoms with Crippen molar-refractivity contribution in [2.75, 3.05) is 0 Å². The summed E-state index contributed by atoms with van der Waals surface area (Å²) in [4.78, 5) is 20.4. The van der Waals surface area contributed by atoms with E-state index in [2.05, 4.69) is 16.1 Å². The maximum atomic E-state index is 14.8. The highest BCUT2D eigenvalue weighted by atomic mass is 32.1. The summed E-state index contributed by atoms with van der Waals surface area (Å²) in [6.45, 7) is 3.79. The van der Waals surface area contributed by atoms with E-state index in [4.69, 9.17) is 0 Å². The number of benzene rings is 2. The van der Waals surface area contributed by atoms with E-state index >= 15 is 0 Å². The number of rotatable bonds is 6. The Labute approximate surface area is 199 Å². The number of aromatic nitrogens is 3. The minimum atomic E-state index is -1.88. The summed E-state index contributed by atoms with van der Waals surface area (Å²) in [6.07, 6.45) is 2.70. The fourth-order valence-electron chi connectivity index (χ4n) is 4.47. The van der Waals surface area contributed by atoms with Crippen LogP contribution in [0.4, 0.5) is 8.78 Å². The molecule has 0 radical (unpaired) electrons. The maximum absolute atomic E-state index is 14.8. The van der Waals surface area contributed by atoms with Crippen molar-refractivity contribution in [3.05, 3.63) is 94.4 Å². The van der Waals surface area contributed by atoms with Crippen LogP contribution in [0.25, 0.3) is 10.4 Å². The van der Waals surface area contributed by atoms with Gasteiger partial charge in [-0.3, -0.25) is 4.79 Å². The number of aryl methyl sites for hydroxylation is 1. The minimum absolute atomic E-state index is 0.111. The number of halogens is 2. The number of nitrogens with zero attached hydrogens (tertiary/aromatic N) is 4. The van der Waals surface area contributed by atoms with Gasteiger partial charge in [-0.15, -0.1) is 11.3 Å². The quantitative estimate of drug-likeness (QED) is 0.440. The highest BCUT2D eigenvalue weighted by Gasteiger charge is 2.46. The van der Waals surface area contributed by atoms with Crippen molar-refractivity contribution in [2.24, 2.45) is 0 Å². The Morgan fingerprint density at radius 1 is 1.21 bits per heavy atom. The number of carbonyl (C=O) groups is 1. The zero-order valence-corrected chi connectivity index (χ0v) is 19.4. The molecule has 3 heterocycles. The van der Waals surface area contributed by atoms with E-state index in [0.717, 1.165) is 33.7 Å². The zero-order chi connectivity index (χ0) is 24.0. The van der Waals surface area contributed by atoms with E-state index in [1.54, 1.807) is 6.92 Å². The standard InChI is InChI=1S/C25H22F2N4O2S/c1-15-4-3-5-17(8-15)22-9-18-11-31(24(32)23(18)34-22)16(2)25(33,12-30-14-28-13-29-30)20-7-6-19(26)10-21(20)27/h3-10,13-14,16,33H,11-12H2,1-2H3/t16-,25-/m1/s1. The van der Waals surface area contributed by atoms with E-state index in [1.165, 1.54) is 39.6 Å². The first-order valence-electron chi connectivity index (χ1n) is 10.8. The third kappa shape index (κ3) is 3.80. The lowest BCUT2D eigenvalue weighted by Gasteiger charge is -2.39. The molecule has 0 fully saturated rings. The van der Waals surface area contributed by atoms with Crippen LogP contribution in [-0.2, 0) is 18.7 Å². The molecule has 0 spiro atoms. The van der Waals surface area contributed by atoms with E-state index < -0.39 is 23.3 Å². The first-order valence-corrected chi connectivity index (χ1v) is 11.6. The largest absolute Gasteiger partial charge is 0.381 e. The third-order valence-corrected chi connectivity index (χ3v) is 7.55. The monoisotopic (exact) mass is 480 g/mol. The first kappa shape index (κ1) is 22.4. The van der Waals surface area contributed by atoms with Crippen LogP contribution < -0.4 is 0 Å². The van der Waals surface area contributed by atoms with Gasteiger partial charge in [0.1, 0.15) is 29.9 Å². The summed E-state index contributed by atoms with van der Waals surface area (Å²) >= 11 is 1.41. The average molecular weight is 481 g/mol. The van der Waals surface area contributed by atoms with Gasteiger partial charge in [0.05, 0.1) is 17.5 Å². The Morgan fingerprint density at radius 3 is 2.71 bits per heavy atom. The van der Waals surface area contributed by atoms with Crippen molar-refractivity contribution in [2.45, 2.75) is 38.6 Å². The lowest BCUT2D eigenvalue weighted by molar-refractivity contribution is -0.0556. The van der Waals surface area contributed by atoms with Crippen LogP contribution in [0.1, 0.15) is 33.3 Å². The predicted octanol–water partition coefficient (Wildman–Crippen LogP) is 4.53. The molecule has 1 aliphatic rings. The molecule has 0 aliphatic carbocycles. The molecule has 6 nitrogen and oxygen atoms in total. The van der Waals surface area contributed by atoms with Gasteiger partial charge in [0, 0.05) is 23.1 Å². The second-order valence-electron chi connectivity index (χ2n) is 8.59. The van der Waals surface area contributed by atoms with Gasteiger partial charge < -0.3 is 10.0 Å². The number of amides is 1. The Morgan fingerprint density at radius 2 is 2.03 bits per heavy atom. The normalized spacial score (nSPS) is 15.9. The number of carbonyl (C=O) groups excluding carboxylic acids is 1. The topological polar surface area (TPSA) is 71.2 Å². The van der Waals surface area contributed by atoms with Gasteiger partial charge in [-0.25, -0.2) is 18.4 Å². The zero-order valence-electron chi connectivity index (χ0n) is 18.6. The molecule has 4 aromatic rings. The smallest absolute Gasteiger partial charge is 0.264 e. The van der Waals surface area contributed by atoms with Crippen molar-refractivity contribution in [1.29, 1.82) is 0 Å². The van der Waals surface area contributed by atoms with Crippen LogP contribution >= 0.6 is 11.3 Å². The molecule has 0 bridgehead atoms. The molecule has 2 aromatic carbocycles. The molecule has 174 valence electrons. The SMILES string of the molecule is Cc1cccc(-c2cc3c(s2)C(=O)N([C@H](C)[C@](O)(Cn2cncn2)c2ccc(F)cc2F)C3)c1. The Kier molecular flexibility index (Phi) is 5.53. The molecule has 0 unspecified atom stereocenters. The van der Waals surface area contributed by atoms with Gasteiger partial charge >= 0.3 is 0 Å². The molecule has 34 heavy (non-hydrogen) atoms.